The molecule has 0 bridgehead atoms. The van der Waals surface area contributed by atoms with Crippen molar-refractivity contribution < 1.29 is 8.42 Å². The van der Waals surface area contributed by atoms with Crippen molar-refractivity contribution in [1.29, 1.82) is 0 Å². The summed E-state index contributed by atoms with van der Waals surface area (Å²) in [6.07, 6.45) is 6.15. The number of hydrogen-bond donors (Lipinski definition) is 2. The Hall–Kier alpha value is -0.790. The molecular formula is C14H23N3O2S2. The molecular weight excluding hydrogens is 306 g/mol. The van der Waals surface area contributed by atoms with E-state index in [0.717, 1.165) is 31.6 Å². The van der Waals surface area contributed by atoms with Crippen LogP contribution in [0.5, 0.6) is 0 Å². The monoisotopic (exact) mass is 329 g/mol. The highest BCUT2D eigenvalue weighted by molar-refractivity contribution is 8.01. The van der Waals surface area contributed by atoms with E-state index >= 15 is 0 Å². The first-order chi connectivity index (χ1) is 9.97. The Kier molecular flexibility index (Phi) is 5.51. The van der Waals surface area contributed by atoms with Crippen LogP contribution in [-0.4, -0.2) is 37.0 Å². The van der Waals surface area contributed by atoms with E-state index in [2.05, 4.69) is 21.9 Å². The summed E-state index contributed by atoms with van der Waals surface area (Å²) in [6, 6.07) is 1.70. The van der Waals surface area contributed by atoms with Crippen LogP contribution in [-0.2, 0) is 10.0 Å². The lowest BCUT2D eigenvalue weighted by molar-refractivity contribution is 0.552. The molecule has 0 amide bonds. The van der Waals surface area contributed by atoms with Gasteiger partial charge in [-0.2, -0.15) is 11.8 Å². The average molecular weight is 329 g/mol. The minimum atomic E-state index is -3.54. The minimum Gasteiger partial charge on any atom is -0.384 e. The fourth-order valence-electron chi connectivity index (χ4n) is 2.30. The highest BCUT2D eigenvalue weighted by Crippen LogP contribution is 2.37. The van der Waals surface area contributed by atoms with Crippen LogP contribution in [0.25, 0.3) is 0 Å². The maximum absolute atomic E-state index is 12.5. The molecule has 0 saturated carbocycles. The van der Waals surface area contributed by atoms with Crippen LogP contribution in [0.1, 0.15) is 33.1 Å². The van der Waals surface area contributed by atoms with Crippen LogP contribution in [0.3, 0.4) is 0 Å². The molecule has 0 aromatic carbocycles. The Labute approximate surface area is 131 Å². The fourth-order valence-corrected chi connectivity index (χ4v) is 4.93. The lowest BCUT2D eigenvalue weighted by Gasteiger charge is -2.23. The van der Waals surface area contributed by atoms with Gasteiger partial charge in [-0.1, -0.05) is 6.92 Å². The van der Waals surface area contributed by atoms with Crippen LogP contribution in [0, 0.1) is 0 Å². The second kappa shape index (κ2) is 6.98. The van der Waals surface area contributed by atoms with Gasteiger partial charge in [0.2, 0.25) is 10.0 Å². The molecule has 1 saturated heterocycles. The van der Waals surface area contributed by atoms with Gasteiger partial charge >= 0.3 is 0 Å². The molecule has 1 aromatic rings. The molecule has 2 rings (SSSR count). The maximum Gasteiger partial charge on any atom is 0.244 e. The summed E-state index contributed by atoms with van der Waals surface area (Å²) < 4.78 is 27.8. The molecule has 0 spiro atoms. The summed E-state index contributed by atoms with van der Waals surface area (Å²) in [5, 5.41) is 3.14. The van der Waals surface area contributed by atoms with Gasteiger partial charge in [-0.15, -0.1) is 0 Å². The highest BCUT2D eigenvalue weighted by atomic mass is 32.2. The average Bonchev–Trinajstić information content (AvgIpc) is 2.91. The Morgan fingerprint density at radius 2 is 2.29 bits per heavy atom. The van der Waals surface area contributed by atoms with Gasteiger partial charge in [0.25, 0.3) is 0 Å². The predicted molar refractivity (Wildman–Crippen MR) is 88.3 cm³/mol. The molecule has 1 aliphatic heterocycles. The number of nitrogens with zero attached hydrogens (tertiary/aromatic N) is 1. The standard InChI is InChI=1S/C14H23N3O2S2/c1-3-7-16-12-5-8-15-10-13(12)21(18,19)17-11-14(2)6-4-9-20-14/h5,8,10,17H,3-4,6-7,9,11H2,1-2H3,(H,15,16). The van der Waals surface area contributed by atoms with Crippen molar-refractivity contribution in [3.63, 3.8) is 0 Å². The molecule has 1 aromatic heterocycles. The highest BCUT2D eigenvalue weighted by Gasteiger charge is 2.31. The number of thioether (sulfide) groups is 1. The number of sulfonamides is 1. The van der Waals surface area contributed by atoms with Gasteiger partial charge in [-0.3, -0.25) is 4.98 Å². The van der Waals surface area contributed by atoms with Crippen LogP contribution in [0.4, 0.5) is 5.69 Å². The summed E-state index contributed by atoms with van der Waals surface area (Å²) in [7, 11) is -3.54. The zero-order valence-electron chi connectivity index (χ0n) is 12.6. The van der Waals surface area contributed by atoms with E-state index in [0.29, 0.717) is 12.2 Å². The smallest absolute Gasteiger partial charge is 0.244 e. The zero-order chi connectivity index (χ0) is 15.3. The van der Waals surface area contributed by atoms with Crippen molar-refractivity contribution in [3.05, 3.63) is 18.5 Å². The topological polar surface area (TPSA) is 71.1 Å². The molecule has 0 radical (unpaired) electrons. The van der Waals surface area contributed by atoms with Crippen LogP contribution >= 0.6 is 11.8 Å². The fraction of sp³-hybridized carbons (Fsp3) is 0.643. The second-order valence-corrected chi connectivity index (χ2v) is 8.94. The molecule has 2 heterocycles. The normalized spacial score (nSPS) is 22.4. The third kappa shape index (κ3) is 4.34. The van der Waals surface area contributed by atoms with Gasteiger partial charge in [0, 0.05) is 30.2 Å². The molecule has 21 heavy (non-hydrogen) atoms. The predicted octanol–water partition coefficient (Wildman–Crippen LogP) is 2.47. The lowest BCUT2D eigenvalue weighted by atomic mass is 10.1. The van der Waals surface area contributed by atoms with Gasteiger partial charge in [-0.25, -0.2) is 13.1 Å². The number of pyridine rings is 1. The number of anilines is 1. The first-order valence-electron chi connectivity index (χ1n) is 7.28. The first-order valence-corrected chi connectivity index (χ1v) is 9.75. The third-order valence-corrected chi connectivity index (χ3v) is 6.54. The summed E-state index contributed by atoms with van der Waals surface area (Å²) in [4.78, 5) is 4.18. The molecule has 7 heteroatoms. The molecule has 1 fully saturated rings. The van der Waals surface area contributed by atoms with Crippen molar-refractivity contribution in [3.8, 4) is 0 Å². The van der Waals surface area contributed by atoms with E-state index in [4.69, 9.17) is 0 Å². The molecule has 1 atom stereocenters. The van der Waals surface area contributed by atoms with Crippen molar-refractivity contribution >= 4 is 27.5 Å². The summed E-state index contributed by atoms with van der Waals surface area (Å²) in [6.45, 7) is 5.35. The SMILES string of the molecule is CCCNc1ccncc1S(=O)(=O)NCC1(C)CCCS1. The third-order valence-electron chi connectivity index (χ3n) is 3.58. The molecule has 1 aliphatic rings. The van der Waals surface area contributed by atoms with E-state index in [1.807, 2.05) is 18.7 Å². The van der Waals surface area contributed by atoms with Gasteiger partial charge in [-0.05, 0) is 38.0 Å². The number of nitrogens with one attached hydrogen (secondary N) is 2. The zero-order valence-corrected chi connectivity index (χ0v) is 14.2. The van der Waals surface area contributed by atoms with Gasteiger partial charge in [0.1, 0.15) is 4.90 Å². The van der Waals surface area contributed by atoms with Crippen molar-refractivity contribution in [1.82, 2.24) is 9.71 Å². The van der Waals surface area contributed by atoms with Gasteiger partial charge in [0.05, 0.1) is 5.69 Å². The Morgan fingerprint density at radius 1 is 1.48 bits per heavy atom. The van der Waals surface area contributed by atoms with Crippen LogP contribution in [0.2, 0.25) is 0 Å². The van der Waals surface area contributed by atoms with Crippen molar-refractivity contribution in [2.75, 3.05) is 24.2 Å². The molecule has 0 aliphatic carbocycles. The minimum absolute atomic E-state index is 0.00624. The number of aromatic nitrogens is 1. The first kappa shape index (κ1) is 16.6. The second-order valence-electron chi connectivity index (χ2n) is 5.53. The lowest BCUT2D eigenvalue weighted by Crippen LogP contribution is -2.37. The van der Waals surface area contributed by atoms with E-state index in [9.17, 15) is 8.42 Å². The number of rotatable bonds is 7. The van der Waals surface area contributed by atoms with Crippen LogP contribution in [0.15, 0.2) is 23.4 Å². The van der Waals surface area contributed by atoms with Gasteiger partial charge < -0.3 is 5.32 Å². The number of hydrogen-bond acceptors (Lipinski definition) is 5. The van der Waals surface area contributed by atoms with E-state index in [-0.39, 0.29) is 9.64 Å². The summed E-state index contributed by atoms with van der Waals surface area (Å²) in [5.41, 5.74) is 0.614. The van der Waals surface area contributed by atoms with Crippen LogP contribution < -0.4 is 10.0 Å². The molecule has 1 unspecified atom stereocenters. The Balaban J connectivity index is 2.11. The van der Waals surface area contributed by atoms with E-state index in [1.165, 1.54) is 6.20 Å². The van der Waals surface area contributed by atoms with Crippen molar-refractivity contribution in [2.45, 2.75) is 42.8 Å². The summed E-state index contributed by atoms with van der Waals surface area (Å²) >= 11 is 1.84. The molecule has 5 nitrogen and oxygen atoms in total. The van der Waals surface area contributed by atoms with E-state index in [1.54, 1.807) is 12.3 Å². The Morgan fingerprint density at radius 3 is 2.95 bits per heavy atom. The molecule has 2 N–H and O–H groups in total. The maximum atomic E-state index is 12.5. The molecule has 118 valence electrons. The quantitative estimate of drug-likeness (QED) is 0.804. The Bertz CT molecular complexity index is 569. The summed E-state index contributed by atoms with van der Waals surface area (Å²) in [5.74, 6) is 1.11. The van der Waals surface area contributed by atoms with Gasteiger partial charge in [0.15, 0.2) is 0 Å². The van der Waals surface area contributed by atoms with E-state index < -0.39 is 10.0 Å². The van der Waals surface area contributed by atoms with Crippen molar-refractivity contribution in [2.24, 2.45) is 0 Å². The largest absolute Gasteiger partial charge is 0.384 e.